The summed E-state index contributed by atoms with van der Waals surface area (Å²) in [6.45, 7) is 7.57. The zero-order valence-electron chi connectivity index (χ0n) is 18.2. The third kappa shape index (κ3) is 7.15. The summed E-state index contributed by atoms with van der Waals surface area (Å²) >= 11 is 0. The maximum atomic E-state index is 13.2. The highest BCUT2D eigenvalue weighted by atomic mass is 19.1. The molecule has 2 aromatic rings. The van der Waals surface area contributed by atoms with E-state index in [0.717, 1.165) is 25.1 Å². The standard InChI is InChI=1S/C24H31FN4O2/c1-3-19-7-9-20(10-8-19)18(2)26-23(30)16-28-11-13-29(14-12-28)17-24(31)27-22-6-4-5-21(25)15-22/h4-10,15,18H,3,11-14,16-17H2,1-2H3,(H,26,30)(H,27,31)/t18-/m0/s1. The number of amides is 2. The number of anilines is 1. The maximum Gasteiger partial charge on any atom is 0.238 e. The van der Waals surface area contributed by atoms with Crippen LogP contribution in [0.1, 0.15) is 31.0 Å². The summed E-state index contributed by atoms with van der Waals surface area (Å²) in [5.41, 5.74) is 2.84. The van der Waals surface area contributed by atoms with Crippen molar-refractivity contribution in [2.45, 2.75) is 26.3 Å². The molecule has 31 heavy (non-hydrogen) atoms. The summed E-state index contributed by atoms with van der Waals surface area (Å²) in [6.07, 6.45) is 0.999. The Labute approximate surface area is 183 Å². The lowest BCUT2D eigenvalue weighted by Crippen LogP contribution is -2.51. The summed E-state index contributed by atoms with van der Waals surface area (Å²) < 4.78 is 13.2. The van der Waals surface area contributed by atoms with Gasteiger partial charge in [0.1, 0.15) is 5.82 Å². The van der Waals surface area contributed by atoms with Crippen LogP contribution in [0, 0.1) is 5.82 Å². The Kier molecular flexibility index (Phi) is 8.14. The first-order chi connectivity index (χ1) is 14.9. The van der Waals surface area contributed by atoms with Crippen LogP contribution in [-0.4, -0.2) is 60.9 Å². The average molecular weight is 427 g/mol. The van der Waals surface area contributed by atoms with Gasteiger partial charge in [-0.3, -0.25) is 19.4 Å². The molecule has 0 bridgehead atoms. The SMILES string of the molecule is CCc1ccc([C@H](C)NC(=O)CN2CCN(CC(=O)Nc3cccc(F)c3)CC2)cc1. The average Bonchev–Trinajstić information content (AvgIpc) is 2.75. The molecule has 0 aliphatic carbocycles. The normalized spacial score (nSPS) is 16.0. The van der Waals surface area contributed by atoms with Crippen LogP contribution in [-0.2, 0) is 16.0 Å². The highest BCUT2D eigenvalue weighted by Crippen LogP contribution is 2.14. The third-order valence-electron chi connectivity index (χ3n) is 5.57. The van der Waals surface area contributed by atoms with Crippen molar-refractivity contribution in [3.63, 3.8) is 0 Å². The molecule has 0 saturated carbocycles. The zero-order valence-corrected chi connectivity index (χ0v) is 18.2. The van der Waals surface area contributed by atoms with E-state index in [9.17, 15) is 14.0 Å². The van der Waals surface area contributed by atoms with E-state index in [0.29, 0.717) is 25.3 Å². The quantitative estimate of drug-likeness (QED) is 0.681. The fraction of sp³-hybridized carbons (Fsp3) is 0.417. The summed E-state index contributed by atoms with van der Waals surface area (Å²) in [6, 6.07) is 14.2. The highest BCUT2D eigenvalue weighted by molar-refractivity contribution is 5.92. The third-order valence-corrected chi connectivity index (χ3v) is 5.57. The Balaban J connectivity index is 1.38. The molecule has 0 radical (unpaired) electrons. The predicted molar refractivity (Wildman–Crippen MR) is 120 cm³/mol. The smallest absolute Gasteiger partial charge is 0.238 e. The molecule has 166 valence electrons. The van der Waals surface area contributed by atoms with Gasteiger partial charge in [-0.1, -0.05) is 37.3 Å². The maximum absolute atomic E-state index is 13.2. The Morgan fingerprint density at radius 3 is 2.16 bits per heavy atom. The second-order valence-electron chi connectivity index (χ2n) is 8.00. The van der Waals surface area contributed by atoms with Crippen LogP contribution in [0.3, 0.4) is 0 Å². The number of carbonyl (C=O) groups is 2. The second kappa shape index (κ2) is 11.0. The number of carbonyl (C=O) groups excluding carboxylic acids is 2. The van der Waals surface area contributed by atoms with Crippen molar-refractivity contribution in [2.75, 3.05) is 44.6 Å². The van der Waals surface area contributed by atoms with Crippen molar-refractivity contribution in [3.05, 3.63) is 65.5 Å². The van der Waals surface area contributed by atoms with E-state index in [4.69, 9.17) is 0 Å². The van der Waals surface area contributed by atoms with Crippen molar-refractivity contribution in [3.8, 4) is 0 Å². The molecule has 2 aromatic carbocycles. The molecule has 1 heterocycles. The fourth-order valence-electron chi connectivity index (χ4n) is 3.69. The van der Waals surface area contributed by atoms with Gasteiger partial charge in [-0.15, -0.1) is 0 Å². The van der Waals surface area contributed by atoms with E-state index < -0.39 is 0 Å². The van der Waals surface area contributed by atoms with Crippen molar-refractivity contribution < 1.29 is 14.0 Å². The van der Waals surface area contributed by atoms with Crippen molar-refractivity contribution in [1.29, 1.82) is 0 Å². The van der Waals surface area contributed by atoms with Gasteiger partial charge in [-0.25, -0.2) is 4.39 Å². The van der Waals surface area contributed by atoms with E-state index in [2.05, 4.69) is 46.7 Å². The molecular formula is C24H31FN4O2. The minimum absolute atomic E-state index is 0.00404. The van der Waals surface area contributed by atoms with Gasteiger partial charge in [-0.05, 0) is 42.7 Å². The van der Waals surface area contributed by atoms with Crippen LogP contribution in [0.5, 0.6) is 0 Å². The number of aryl methyl sites for hydroxylation is 1. The largest absolute Gasteiger partial charge is 0.348 e. The molecule has 1 atom stereocenters. The van der Waals surface area contributed by atoms with Gasteiger partial charge >= 0.3 is 0 Å². The molecule has 6 nitrogen and oxygen atoms in total. The molecular weight excluding hydrogens is 395 g/mol. The fourth-order valence-corrected chi connectivity index (χ4v) is 3.69. The molecule has 0 aromatic heterocycles. The highest BCUT2D eigenvalue weighted by Gasteiger charge is 2.21. The van der Waals surface area contributed by atoms with Crippen molar-refractivity contribution in [1.82, 2.24) is 15.1 Å². The molecule has 1 aliphatic rings. The van der Waals surface area contributed by atoms with E-state index in [1.165, 1.54) is 17.7 Å². The number of rotatable bonds is 8. The van der Waals surface area contributed by atoms with Crippen LogP contribution in [0.4, 0.5) is 10.1 Å². The van der Waals surface area contributed by atoms with Gasteiger partial charge in [0.2, 0.25) is 11.8 Å². The Hall–Kier alpha value is -2.77. The van der Waals surface area contributed by atoms with Gasteiger partial charge in [0.25, 0.3) is 0 Å². The minimum Gasteiger partial charge on any atom is -0.348 e. The lowest BCUT2D eigenvalue weighted by atomic mass is 10.1. The first kappa shape index (κ1) is 22.9. The topological polar surface area (TPSA) is 64.7 Å². The molecule has 1 fully saturated rings. The Morgan fingerprint density at radius 1 is 0.968 bits per heavy atom. The predicted octanol–water partition coefficient (Wildman–Crippen LogP) is 2.82. The molecule has 1 aliphatic heterocycles. The molecule has 0 unspecified atom stereocenters. The van der Waals surface area contributed by atoms with Crippen molar-refractivity contribution in [2.24, 2.45) is 0 Å². The molecule has 7 heteroatoms. The zero-order chi connectivity index (χ0) is 22.2. The Morgan fingerprint density at radius 2 is 1.58 bits per heavy atom. The summed E-state index contributed by atoms with van der Waals surface area (Å²) in [4.78, 5) is 28.8. The molecule has 1 saturated heterocycles. The van der Waals surface area contributed by atoms with Crippen LogP contribution in [0.25, 0.3) is 0 Å². The van der Waals surface area contributed by atoms with E-state index in [1.807, 2.05) is 11.8 Å². The van der Waals surface area contributed by atoms with E-state index in [-0.39, 0.29) is 30.2 Å². The molecule has 2 N–H and O–H groups in total. The van der Waals surface area contributed by atoms with E-state index >= 15 is 0 Å². The van der Waals surface area contributed by atoms with E-state index in [1.54, 1.807) is 12.1 Å². The van der Waals surface area contributed by atoms with Gasteiger partial charge in [0, 0.05) is 31.9 Å². The minimum atomic E-state index is -0.378. The number of benzene rings is 2. The number of piperazine rings is 1. The molecule has 3 rings (SSSR count). The van der Waals surface area contributed by atoms with Crippen LogP contribution < -0.4 is 10.6 Å². The van der Waals surface area contributed by atoms with Crippen molar-refractivity contribution >= 4 is 17.5 Å². The van der Waals surface area contributed by atoms with Gasteiger partial charge < -0.3 is 10.6 Å². The summed E-state index contributed by atoms with van der Waals surface area (Å²) in [5.74, 6) is -0.541. The Bertz CT molecular complexity index is 879. The number of nitrogens with zero attached hydrogens (tertiary/aromatic N) is 2. The first-order valence-electron chi connectivity index (χ1n) is 10.8. The number of hydrogen-bond donors (Lipinski definition) is 2. The van der Waals surface area contributed by atoms with Crippen LogP contribution >= 0.6 is 0 Å². The number of hydrogen-bond acceptors (Lipinski definition) is 4. The first-order valence-corrected chi connectivity index (χ1v) is 10.8. The monoisotopic (exact) mass is 426 g/mol. The lowest BCUT2D eigenvalue weighted by molar-refractivity contribution is -0.124. The molecule has 0 spiro atoms. The van der Waals surface area contributed by atoms with Gasteiger partial charge in [0.15, 0.2) is 0 Å². The summed E-state index contributed by atoms with van der Waals surface area (Å²) in [5, 5.41) is 5.79. The van der Waals surface area contributed by atoms with Gasteiger partial charge in [-0.2, -0.15) is 0 Å². The van der Waals surface area contributed by atoms with Crippen LogP contribution in [0.2, 0.25) is 0 Å². The number of nitrogens with one attached hydrogen (secondary N) is 2. The molecule has 2 amide bonds. The summed E-state index contributed by atoms with van der Waals surface area (Å²) in [7, 11) is 0. The lowest BCUT2D eigenvalue weighted by Gasteiger charge is -2.34. The van der Waals surface area contributed by atoms with Gasteiger partial charge in [0.05, 0.1) is 19.1 Å². The number of halogens is 1. The van der Waals surface area contributed by atoms with Crippen LogP contribution in [0.15, 0.2) is 48.5 Å². The second-order valence-corrected chi connectivity index (χ2v) is 8.00.